The van der Waals surface area contributed by atoms with Gasteiger partial charge in [-0.1, -0.05) is 36.2 Å². The SMILES string of the molecule is CC[C@@H](c1ccc(Cl)c(Cl)c1)n1c(C(=O)OC)c[nH]c1=S. The first-order chi connectivity index (χ1) is 9.99. The van der Waals surface area contributed by atoms with Crippen LogP contribution in [0.25, 0.3) is 0 Å². The van der Waals surface area contributed by atoms with Crippen LogP contribution < -0.4 is 0 Å². The van der Waals surface area contributed by atoms with Crippen LogP contribution in [-0.4, -0.2) is 22.6 Å². The Bertz CT molecular complexity index is 724. The minimum atomic E-state index is -0.444. The van der Waals surface area contributed by atoms with E-state index in [4.69, 9.17) is 40.2 Å². The van der Waals surface area contributed by atoms with Gasteiger partial charge in [-0.15, -0.1) is 0 Å². The highest BCUT2D eigenvalue weighted by Crippen LogP contribution is 2.30. The predicted molar refractivity (Wildman–Crippen MR) is 85.8 cm³/mol. The van der Waals surface area contributed by atoms with Crippen molar-refractivity contribution in [2.45, 2.75) is 19.4 Å². The average Bonchev–Trinajstić information content (AvgIpc) is 2.85. The van der Waals surface area contributed by atoms with Gasteiger partial charge in [0, 0.05) is 6.20 Å². The van der Waals surface area contributed by atoms with E-state index in [0.717, 1.165) is 12.0 Å². The number of hydrogen-bond acceptors (Lipinski definition) is 3. The van der Waals surface area contributed by atoms with E-state index in [1.807, 2.05) is 13.0 Å². The maximum Gasteiger partial charge on any atom is 0.356 e. The summed E-state index contributed by atoms with van der Waals surface area (Å²) in [4.78, 5) is 14.7. The van der Waals surface area contributed by atoms with Crippen LogP contribution in [0.15, 0.2) is 24.4 Å². The lowest BCUT2D eigenvalue weighted by molar-refractivity contribution is 0.0586. The largest absolute Gasteiger partial charge is 0.464 e. The number of ether oxygens (including phenoxy) is 1. The van der Waals surface area contributed by atoms with Crippen molar-refractivity contribution in [3.8, 4) is 0 Å². The molecule has 0 unspecified atom stereocenters. The Morgan fingerprint density at radius 2 is 2.14 bits per heavy atom. The van der Waals surface area contributed by atoms with E-state index < -0.39 is 5.97 Å². The summed E-state index contributed by atoms with van der Waals surface area (Å²) in [5.41, 5.74) is 1.30. The third-order valence-electron chi connectivity index (χ3n) is 3.23. The minimum Gasteiger partial charge on any atom is -0.464 e. The number of methoxy groups -OCH3 is 1. The Morgan fingerprint density at radius 3 is 2.71 bits per heavy atom. The molecule has 2 rings (SSSR count). The summed E-state index contributed by atoms with van der Waals surface area (Å²) in [6, 6.07) is 5.26. The molecule has 1 N–H and O–H groups in total. The molecule has 7 heteroatoms. The smallest absolute Gasteiger partial charge is 0.356 e. The molecule has 1 aromatic heterocycles. The summed E-state index contributed by atoms with van der Waals surface area (Å²) in [5, 5.41) is 0.954. The second-order valence-electron chi connectivity index (χ2n) is 4.44. The number of aromatic amines is 1. The maximum atomic E-state index is 11.9. The van der Waals surface area contributed by atoms with Crippen LogP contribution in [0.2, 0.25) is 10.0 Å². The molecule has 0 aliphatic heterocycles. The van der Waals surface area contributed by atoms with Gasteiger partial charge >= 0.3 is 5.97 Å². The monoisotopic (exact) mass is 344 g/mol. The number of carbonyl (C=O) groups excluding carboxylic acids is 1. The number of benzene rings is 1. The zero-order chi connectivity index (χ0) is 15.6. The van der Waals surface area contributed by atoms with Gasteiger partial charge in [-0.2, -0.15) is 0 Å². The van der Waals surface area contributed by atoms with Crippen LogP contribution in [-0.2, 0) is 4.74 Å². The molecule has 0 spiro atoms. The molecular formula is C14H14Cl2N2O2S. The number of esters is 1. The predicted octanol–water partition coefficient (Wildman–Crippen LogP) is 4.64. The first-order valence-corrected chi connectivity index (χ1v) is 7.49. The van der Waals surface area contributed by atoms with Gasteiger partial charge in [0.1, 0.15) is 5.69 Å². The Hall–Kier alpha value is -1.30. The van der Waals surface area contributed by atoms with Crippen molar-refractivity contribution in [1.82, 2.24) is 9.55 Å². The molecule has 0 bridgehead atoms. The number of imidazole rings is 1. The Morgan fingerprint density at radius 1 is 1.43 bits per heavy atom. The first kappa shape index (κ1) is 16.1. The van der Waals surface area contributed by atoms with Crippen LogP contribution in [0.3, 0.4) is 0 Å². The fourth-order valence-corrected chi connectivity index (χ4v) is 2.83. The van der Waals surface area contributed by atoms with Crippen molar-refractivity contribution in [3.63, 3.8) is 0 Å². The molecule has 1 aromatic carbocycles. The third kappa shape index (κ3) is 3.15. The van der Waals surface area contributed by atoms with Crippen molar-refractivity contribution >= 4 is 41.4 Å². The number of aromatic nitrogens is 2. The number of H-pyrrole nitrogens is 1. The van der Waals surface area contributed by atoms with E-state index >= 15 is 0 Å². The highest BCUT2D eigenvalue weighted by molar-refractivity contribution is 7.71. The summed E-state index contributed by atoms with van der Waals surface area (Å²) in [6.07, 6.45) is 2.28. The van der Waals surface area contributed by atoms with Crippen molar-refractivity contribution in [2.75, 3.05) is 7.11 Å². The molecule has 21 heavy (non-hydrogen) atoms. The molecule has 112 valence electrons. The molecule has 1 heterocycles. The van der Waals surface area contributed by atoms with E-state index in [-0.39, 0.29) is 6.04 Å². The Kier molecular flexibility index (Phi) is 5.08. The van der Waals surface area contributed by atoms with Crippen LogP contribution >= 0.6 is 35.4 Å². The zero-order valence-corrected chi connectivity index (χ0v) is 13.9. The molecule has 4 nitrogen and oxygen atoms in total. The summed E-state index contributed by atoms with van der Waals surface area (Å²) in [5.74, 6) is -0.444. The van der Waals surface area contributed by atoms with Gasteiger partial charge in [0.2, 0.25) is 0 Å². The van der Waals surface area contributed by atoms with Crippen molar-refractivity contribution in [3.05, 3.63) is 50.5 Å². The van der Waals surface area contributed by atoms with E-state index in [9.17, 15) is 4.79 Å². The zero-order valence-electron chi connectivity index (χ0n) is 11.5. The molecule has 0 amide bonds. The van der Waals surface area contributed by atoms with Gasteiger partial charge < -0.3 is 14.3 Å². The molecule has 0 aliphatic carbocycles. The lowest BCUT2D eigenvalue weighted by Gasteiger charge is -2.20. The Balaban J connectivity index is 2.56. The van der Waals surface area contributed by atoms with Gasteiger partial charge in [-0.3, -0.25) is 0 Å². The van der Waals surface area contributed by atoms with Gasteiger partial charge in [0.25, 0.3) is 0 Å². The van der Waals surface area contributed by atoms with E-state index in [0.29, 0.717) is 20.5 Å². The maximum absolute atomic E-state index is 11.9. The highest BCUT2D eigenvalue weighted by Gasteiger charge is 2.21. The summed E-state index contributed by atoms with van der Waals surface area (Å²) >= 11 is 17.3. The number of nitrogens with zero attached hydrogens (tertiary/aromatic N) is 1. The normalized spacial score (nSPS) is 12.2. The number of nitrogens with one attached hydrogen (secondary N) is 1. The number of halogens is 2. The van der Waals surface area contributed by atoms with Crippen LogP contribution in [0.5, 0.6) is 0 Å². The summed E-state index contributed by atoms with van der Waals surface area (Å²) in [7, 11) is 1.34. The van der Waals surface area contributed by atoms with Crippen LogP contribution in [0.4, 0.5) is 0 Å². The quantitative estimate of drug-likeness (QED) is 0.649. The molecule has 0 saturated carbocycles. The van der Waals surface area contributed by atoms with Gasteiger partial charge in [0.05, 0.1) is 23.2 Å². The number of rotatable bonds is 4. The van der Waals surface area contributed by atoms with Crippen molar-refractivity contribution in [1.29, 1.82) is 0 Å². The van der Waals surface area contributed by atoms with Gasteiger partial charge in [-0.05, 0) is 36.3 Å². The van der Waals surface area contributed by atoms with Crippen LogP contribution in [0, 0.1) is 4.77 Å². The van der Waals surface area contributed by atoms with Gasteiger partial charge in [0.15, 0.2) is 4.77 Å². The fraction of sp³-hybridized carbons (Fsp3) is 0.286. The third-order valence-corrected chi connectivity index (χ3v) is 4.29. The second kappa shape index (κ2) is 6.64. The molecule has 2 aromatic rings. The topological polar surface area (TPSA) is 47.0 Å². The lowest BCUT2D eigenvalue weighted by Crippen LogP contribution is -2.17. The molecular weight excluding hydrogens is 331 g/mol. The number of hydrogen-bond donors (Lipinski definition) is 1. The van der Waals surface area contributed by atoms with E-state index in [2.05, 4.69) is 4.98 Å². The summed E-state index contributed by atoms with van der Waals surface area (Å²) < 4.78 is 6.98. The number of carbonyl (C=O) groups is 1. The van der Waals surface area contributed by atoms with Crippen molar-refractivity contribution in [2.24, 2.45) is 0 Å². The van der Waals surface area contributed by atoms with Crippen molar-refractivity contribution < 1.29 is 9.53 Å². The van der Waals surface area contributed by atoms with Gasteiger partial charge in [-0.25, -0.2) is 4.79 Å². The molecule has 0 fully saturated rings. The average molecular weight is 345 g/mol. The Labute approximate surface area is 137 Å². The molecule has 0 radical (unpaired) electrons. The summed E-state index contributed by atoms with van der Waals surface area (Å²) in [6.45, 7) is 2.00. The standard InChI is InChI=1S/C14H14Cl2N2O2S/c1-3-11(8-4-5-9(15)10(16)6-8)18-12(13(19)20-2)7-17-14(18)21/h4-7,11H,3H2,1-2H3,(H,17,21)/t11-/m0/s1. The molecule has 0 saturated heterocycles. The van der Waals surface area contributed by atoms with E-state index in [1.54, 1.807) is 22.9 Å². The molecule has 1 atom stereocenters. The second-order valence-corrected chi connectivity index (χ2v) is 5.64. The molecule has 0 aliphatic rings. The van der Waals surface area contributed by atoms with Crippen LogP contribution in [0.1, 0.15) is 35.4 Å². The lowest BCUT2D eigenvalue weighted by atomic mass is 10.0. The highest BCUT2D eigenvalue weighted by atomic mass is 35.5. The minimum absolute atomic E-state index is 0.132. The first-order valence-electron chi connectivity index (χ1n) is 6.32. The van der Waals surface area contributed by atoms with E-state index in [1.165, 1.54) is 7.11 Å². The fourth-order valence-electron chi connectivity index (χ4n) is 2.24.